The third-order valence-corrected chi connectivity index (χ3v) is 4.39. The topological polar surface area (TPSA) is 85.5 Å². The maximum Gasteiger partial charge on any atom is 0.244 e. The second-order valence-electron chi connectivity index (χ2n) is 4.29. The summed E-state index contributed by atoms with van der Waals surface area (Å²) in [5.41, 5.74) is 6.21. The van der Waals surface area contributed by atoms with E-state index < -0.39 is 10.0 Å². The minimum absolute atomic E-state index is 0.118. The molecule has 1 aromatic heterocycles. The van der Waals surface area contributed by atoms with E-state index in [1.54, 1.807) is 24.3 Å². The molecule has 2 aromatic rings. The molecular formula is C13H15N3O3S. The van der Waals surface area contributed by atoms with Gasteiger partial charge in [0.1, 0.15) is 10.6 Å². The number of benzene rings is 1. The van der Waals surface area contributed by atoms with Gasteiger partial charge in [0.25, 0.3) is 0 Å². The number of hydrogen-bond donors (Lipinski definition) is 1. The predicted molar refractivity (Wildman–Crippen MR) is 76.0 cm³/mol. The van der Waals surface area contributed by atoms with Crippen LogP contribution in [0.4, 0.5) is 5.69 Å². The molecule has 0 aliphatic heterocycles. The van der Waals surface area contributed by atoms with Crippen molar-refractivity contribution in [1.82, 2.24) is 9.29 Å². The van der Waals surface area contributed by atoms with Crippen molar-refractivity contribution in [1.29, 1.82) is 0 Å². The first-order valence-electron chi connectivity index (χ1n) is 5.81. The van der Waals surface area contributed by atoms with Gasteiger partial charge in [0, 0.05) is 25.8 Å². The number of nitrogens with zero attached hydrogens (tertiary/aromatic N) is 2. The van der Waals surface area contributed by atoms with E-state index in [2.05, 4.69) is 4.98 Å². The van der Waals surface area contributed by atoms with E-state index in [9.17, 15) is 8.42 Å². The largest absolute Gasteiger partial charge is 0.439 e. The monoisotopic (exact) mass is 293 g/mol. The Morgan fingerprint density at radius 2 is 1.75 bits per heavy atom. The number of hydrogen-bond acceptors (Lipinski definition) is 5. The highest BCUT2D eigenvalue weighted by atomic mass is 32.2. The normalized spacial score (nSPS) is 11.6. The van der Waals surface area contributed by atoms with Crippen LogP contribution < -0.4 is 10.5 Å². The molecule has 0 atom stereocenters. The second-order valence-corrected chi connectivity index (χ2v) is 6.44. The zero-order valence-corrected chi connectivity index (χ0v) is 12.0. The summed E-state index contributed by atoms with van der Waals surface area (Å²) in [6.07, 6.45) is 1.27. The standard InChI is InChI=1S/C13H15N3O3S/c1-16(2)20(17,18)12-7-8-13(15-9-12)19-11-5-3-10(14)4-6-11/h3-9H,14H2,1-2H3. The predicted octanol–water partition coefficient (Wildman–Crippen LogP) is 1.71. The fourth-order valence-corrected chi connectivity index (χ4v) is 2.29. The van der Waals surface area contributed by atoms with Crippen LogP contribution >= 0.6 is 0 Å². The van der Waals surface area contributed by atoms with Gasteiger partial charge in [0.15, 0.2) is 0 Å². The first-order valence-corrected chi connectivity index (χ1v) is 7.25. The number of rotatable bonds is 4. The lowest BCUT2D eigenvalue weighted by molar-refractivity contribution is 0.461. The highest BCUT2D eigenvalue weighted by molar-refractivity contribution is 7.89. The number of nitrogen functional groups attached to an aromatic ring is 1. The molecule has 0 fully saturated rings. The van der Waals surface area contributed by atoms with Crippen LogP contribution in [0, 0.1) is 0 Å². The van der Waals surface area contributed by atoms with Gasteiger partial charge in [-0.05, 0) is 30.3 Å². The lowest BCUT2D eigenvalue weighted by Gasteiger charge is -2.11. The summed E-state index contributed by atoms with van der Waals surface area (Å²) in [5, 5.41) is 0. The van der Waals surface area contributed by atoms with Crippen LogP contribution in [0.5, 0.6) is 11.6 Å². The van der Waals surface area contributed by atoms with E-state index in [4.69, 9.17) is 10.5 Å². The summed E-state index contributed by atoms with van der Waals surface area (Å²) in [4.78, 5) is 4.10. The summed E-state index contributed by atoms with van der Waals surface area (Å²) in [6.45, 7) is 0. The zero-order chi connectivity index (χ0) is 14.8. The van der Waals surface area contributed by atoms with Crippen molar-refractivity contribution < 1.29 is 13.2 Å². The Bertz CT molecular complexity index is 680. The Labute approximate surface area is 117 Å². The highest BCUT2D eigenvalue weighted by Gasteiger charge is 2.17. The maximum atomic E-state index is 11.9. The minimum atomic E-state index is -3.47. The van der Waals surface area contributed by atoms with Gasteiger partial charge in [-0.2, -0.15) is 0 Å². The SMILES string of the molecule is CN(C)S(=O)(=O)c1ccc(Oc2ccc(N)cc2)nc1. The van der Waals surface area contributed by atoms with Crippen molar-refractivity contribution in [2.45, 2.75) is 4.90 Å². The molecule has 0 aliphatic carbocycles. The number of ether oxygens (including phenoxy) is 1. The van der Waals surface area contributed by atoms with Gasteiger partial charge in [0.2, 0.25) is 15.9 Å². The molecule has 2 rings (SSSR count). The number of nitrogens with two attached hydrogens (primary N) is 1. The summed E-state index contributed by atoms with van der Waals surface area (Å²) in [6, 6.07) is 9.80. The van der Waals surface area contributed by atoms with Gasteiger partial charge in [-0.15, -0.1) is 0 Å². The molecule has 0 unspecified atom stereocenters. The van der Waals surface area contributed by atoms with Crippen molar-refractivity contribution in [2.24, 2.45) is 0 Å². The molecule has 0 spiro atoms. The van der Waals surface area contributed by atoms with Gasteiger partial charge in [-0.25, -0.2) is 17.7 Å². The quantitative estimate of drug-likeness (QED) is 0.867. The van der Waals surface area contributed by atoms with E-state index >= 15 is 0 Å². The van der Waals surface area contributed by atoms with Crippen LogP contribution in [0.2, 0.25) is 0 Å². The second kappa shape index (κ2) is 5.48. The molecule has 20 heavy (non-hydrogen) atoms. The molecule has 1 heterocycles. The van der Waals surface area contributed by atoms with E-state index in [0.717, 1.165) is 4.31 Å². The molecule has 0 aliphatic rings. The lowest BCUT2D eigenvalue weighted by atomic mass is 10.3. The molecule has 6 nitrogen and oxygen atoms in total. The fourth-order valence-electron chi connectivity index (χ4n) is 1.45. The fraction of sp³-hybridized carbons (Fsp3) is 0.154. The summed E-state index contributed by atoms with van der Waals surface area (Å²) >= 11 is 0. The Morgan fingerprint density at radius 3 is 2.25 bits per heavy atom. The first kappa shape index (κ1) is 14.3. The first-order chi connectivity index (χ1) is 9.39. The molecule has 0 radical (unpaired) electrons. The average Bonchev–Trinajstić information content (AvgIpc) is 2.42. The van der Waals surface area contributed by atoms with Gasteiger partial charge in [-0.1, -0.05) is 0 Å². The van der Waals surface area contributed by atoms with Gasteiger partial charge in [-0.3, -0.25) is 0 Å². The smallest absolute Gasteiger partial charge is 0.244 e. The molecule has 0 saturated carbocycles. The third-order valence-electron chi connectivity index (χ3n) is 2.59. The van der Waals surface area contributed by atoms with Crippen LogP contribution in [0.3, 0.4) is 0 Å². The Hall–Kier alpha value is -2.12. The molecule has 0 bridgehead atoms. The Balaban J connectivity index is 2.19. The molecule has 0 amide bonds. The Morgan fingerprint density at radius 1 is 1.10 bits per heavy atom. The molecule has 1 aromatic carbocycles. The van der Waals surface area contributed by atoms with Crippen molar-refractivity contribution in [3.05, 3.63) is 42.6 Å². The number of anilines is 1. The highest BCUT2D eigenvalue weighted by Crippen LogP contribution is 2.21. The van der Waals surface area contributed by atoms with Crippen LogP contribution in [0.15, 0.2) is 47.5 Å². The van der Waals surface area contributed by atoms with Crippen molar-refractivity contribution in [3.8, 4) is 11.6 Å². The van der Waals surface area contributed by atoms with Crippen molar-refractivity contribution in [3.63, 3.8) is 0 Å². The lowest BCUT2D eigenvalue weighted by Crippen LogP contribution is -2.22. The van der Waals surface area contributed by atoms with Gasteiger partial charge < -0.3 is 10.5 Å². The van der Waals surface area contributed by atoms with Crippen LogP contribution in [-0.4, -0.2) is 31.8 Å². The molecule has 106 valence electrons. The van der Waals surface area contributed by atoms with Crippen LogP contribution in [-0.2, 0) is 10.0 Å². The zero-order valence-electron chi connectivity index (χ0n) is 11.1. The van der Waals surface area contributed by atoms with E-state index in [-0.39, 0.29) is 4.90 Å². The molecular weight excluding hydrogens is 278 g/mol. The Kier molecular flexibility index (Phi) is 3.91. The van der Waals surface area contributed by atoms with Gasteiger partial charge >= 0.3 is 0 Å². The van der Waals surface area contributed by atoms with E-state index in [1.807, 2.05) is 0 Å². The van der Waals surface area contributed by atoms with Gasteiger partial charge in [0.05, 0.1) is 6.20 Å². The number of sulfonamides is 1. The summed E-state index contributed by atoms with van der Waals surface area (Å²) < 4.78 is 30.4. The summed E-state index contributed by atoms with van der Waals surface area (Å²) in [7, 11) is -0.541. The van der Waals surface area contributed by atoms with Crippen LogP contribution in [0.1, 0.15) is 0 Å². The molecule has 2 N–H and O–H groups in total. The van der Waals surface area contributed by atoms with Crippen LogP contribution in [0.25, 0.3) is 0 Å². The molecule has 0 saturated heterocycles. The number of aromatic nitrogens is 1. The summed E-state index contributed by atoms with van der Waals surface area (Å²) in [5.74, 6) is 0.891. The minimum Gasteiger partial charge on any atom is -0.439 e. The van der Waals surface area contributed by atoms with Crippen molar-refractivity contribution in [2.75, 3.05) is 19.8 Å². The third kappa shape index (κ3) is 3.06. The van der Waals surface area contributed by atoms with Crippen molar-refractivity contribution >= 4 is 15.7 Å². The van der Waals surface area contributed by atoms with E-state index in [1.165, 1.54) is 32.4 Å². The average molecular weight is 293 g/mol. The van der Waals surface area contributed by atoms with E-state index in [0.29, 0.717) is 17.3 Å². The number of pyridine rings is 1. The molecule has 7 heteroatoms. The maximum absolute atomic E-state index is 11.9.